The van der Waals surface area contributed by atoms with Crippen LogP contribution in [0.4, 0.5) is 5.69 Å². The van der Waals surface area contributed by atoms with E-state index in [1.54, 1.807) is 31.2 Å². The fourth-order valence-electron chi connectivity index (χ4n) is 1.92. The molecule has 0 saturated carbocycles. The highest BCUT2D eigenvalue weighted by Crippen LogP contribution is 2.34. The van der Waals surface area contributed by atoms with Gasteiger partial charge in [0.1, 0.15) is 0 Å². The van der Waals surface area contributed by atoms with E-state index in [4.69, 9.17) is 4.74 Å². The van der Waals surface area contributed by atoms with Crippen LogP contribution in [0.3, 0.4) is 0 Å². The zero-order valence-electron chi connectivity index (χ0n) is 11.8. The maximum atomic E-state index is 11.2. The quantitative estimate of drug-likeness (QED) is 0.673. The SMILES string of the molecule is CCc1ccc(Oc2ncccc2[C@H](C)O)c([N+](=O)[O-])c1. The number of nitrogens with zero attached hydrogens (tertiary/aromatic N) is 2. The number of aliphatic hydroxyl groups is 1. The third-order valence-electron chi connectivity index (χ3n) is 3.09. The van der Waals surface area contributed by atoms with Gasteiger partial charge in [0.25, 0.3) is 0 Å². The van der Waals surface area contributed by atoms with Gasteiger partial charge in [0, 0.05) is 17.8 Å². The van der Waals surface area contributed by atoms with Crippen molar-refractivity contribution in [1.82, 2.24) is 4.98 Å². The number of aryl methyl sites for hydroxylation is 1. The second kappa shape index (κ2) is 6.32. The second-order valence-electron chi connectivity index (χ2n) is 4.59. The highest BCUT2D eigenvalue weighted by molar-refractivity contribution is 5.50. The number of hydrogen-bond acceptors (Lipinski definition) is 5. The van der Waals surface area contributed by atoms with Crippen molar-refractivity contribution in [3.05, 3.63) is 57.8 Å². The Balaban J connectivity index is 2.42. The van der Waals surface area contributed by atoms with E-state index in [-0.39, 0.29) is 17.3 Å². The molecule has 0 fully saturated rings. The first-order valence-corrected chi connectivity index (χ1v) is 6.61. The minimum Gasteiger partial charge on any atom is -0.431 e. The Morgan fingerprint density at radius 2 is 2.19 bits per heavy atom. The summed E-state index contributed by atoms with van der Waals surface area (Å²) in [6.07, 6.45) is 1.43. The molecule has 1 heterocycles. The minimum absolute atomic E-state index is 0.109. The summed E-state index contributed by atoms with van der Waals surface area (Å²) in [5.41, 5.74) is 1.22. The summed E-state index contributed by atoms with van der Waals surface area (Å²) in [7, 11) is 0. The lowest BCUT2D eigenvalue weighted by molar-refractivity contribution is -0.385. The maximum absolute atomic E-state index is 11.2. The Morgan fingerprint density at radius 1 is 1.43 bits per heavy atom. The number of ether oxygens (including phenoxy) is 1. The predicted octanol–water partition coefficient (Wildman–Crippen LogP) is 3.40. The van der Waals surface area contributed by atoms with Crippen LogP contribution < -0.4 is 4.74 Å². The fourth-order valence-corrected chi connectivity index (χ4v) is 1.92. The van der Waals surface area contributed by atoms with Gasteiger partial charge in [0.2, 0.25) is 11.6 Å². The van der Waals surface area contributed by atoms with Gasteiger partial charge in [-0.1, -0.05) is 13.0 Å². The summed E-state index contributed by atoms with van der Waals surface area (Å²) in [6.45, 7) is 3.50. The van der Waals surface area contributed by atoms with Crippen molar-refractivity contribution in [1.29, 1.82) is 0 Å². The molecule has 0 bridgehead atoms. The minimum atomic E-state index is -0.775. The summed E-state index contributed by atoms with van der Waals surface area (Å²) in [5, 5.41) is 20.8. The number of nitro benzene ring substituents is 1. The molecule has 0 aliphatic carbocycles. The Labute approximate surface area is 122 Å². The summed E-state index contributed by atoms with van der Waals surface area (Å²) in [6, 6.07) is 8.15. The molecule has 0 aliphatic heterocycles. The molecule has 1 N–H and O–H groups in total. The van der Waals surface area contributed by atoms with Crippen molar-refractivity contribution in [2.75, 3.05) is 0 Å². The standard InChI is InChI=1S/C15H16N2O4/c1-3-11-6-7-14(13(9-11)17(19)20)21-15-12(10(2)18)5-4-8-16-15/h4-10,18H,3H2,1-2H3/t10-/m0/s1. The van der Waals surface area contributed by atoms with Crippen molar-refractivity contribution in [3.8, 4) is 11.6 Å². The molecule has 6 nitrogen and oxygen atoms in total. The van der Waals surface area contributed by atoms with Crippen molar-refractivity contribution >= 4 is 5.69 Å². The molecule has 0 spiro atoms. The summed E-state index contributed by atoms with van der Waals surface area (Å²) in [4.78, 5) is 14.7. The smallest absolute Gasteiger partial charge is 0.311 e. The molecule has 0 radical (unpaired) electrons. The van der Waals surface area contributed by atoms with Crippen LogP contribution in [0.2, 0.25) is 0 Å². The summed E-state index contributed by atoms with van der Waals surface area (Å²) >= 11 is 0. The van der Waals surface area contributed by atoms with Gasteiger partial charge in [-0.2, -0.15) is 0 Å². The Kier molecular flexibility index (Phi) is 4.49. The molecule has 1 aromatic heterocycles. The molecule has 2 rings (SSSR count). The van der Waals surface area contributed by atoms with Crippen LogP contribution in [0, 0.1) is 10.1 Å². The normalized spacial score (nSPS) is 12.0. The van der Waals surface area contributed by atoms with Crippen LogP contribution in [0.5, 0.6) is 11.6 Å². The summed E-state index contributed by atoms with van der Waals surface area (Å²) in [5.74, 6) is 0.276. The van der Waals surface area contributed by atoms with Gasteiger partial charge in [-0.15, -0.1) is 0 Å². The number of nitro groups is 1. The second-order valence-corrected chi connectivity index (χ2v) is 4.59. The molecular weight excluding hydrogens is 272 g/mol. The molecule has 21 heavy (non-hydrogen) atoms. The summed E-state index contributed by atoms with van der Waals surface area (Å²) < 4.78 is 5.55. The van der Waals surface area contributed by atoms with Crippen LogP contribution in [-0.4, -0.2) is 15.0 Å². The van der Waals surface area contributed by atoms with Crippen molar-refractivity contribution in [2.45, 2.75) is 26.4 Å². The highest BCUT2D eigenvalue weighted by Gasteiger charge is 2.19. The lowest BCUT2D eigenvalue weighted by atomic mass is 10.1. The zero-order valence-corrected chi connectivity index (χ0v) is 11.8. The molecule has 110 valence electrons. The van der Waals surface area contributed by atoms with Crippen LogP contribution in [0.1, 0.15) is 31.1 Å². The molecule has 0 amide bonds. The van der Waals surface area contributed by atoms with E-state index >= 15 is 0 Å². The van der Waals surface area contributed by atoms with Gasteiger partial charge in [-0.25, -0.2) is 4.98 Å². The lowest BCUT2D eigenvalue weighted by Crippen LogP contribution is -2.00. The monoisotopic (exact) mass is 288 g/mol. The Hall–Kier alpha value is -2.47. The number of rotatable bonds is 5. The van der Waals surface area contributed by atoms with Crippen molar-refractivity contribution < 1.29 is 14.8 Å². The van der Waals surface area contributed by atoms with Crippen LogP contribution >= 0.6 is 0 Å². The predicted molar refractivity (Wildman–Crippen MR) is 77.4 cm³/mol. The van der Waals surface area contributed by atoms with Gasteiger partial charge in [0.05, 0.1) is 11.0 Å². The Morgan fingerprint density at radius 3 is 2.81 bits per heavy atom. The van der Waals surface area contributed by atoms with Gasteiger partial charge in [0.15, 0.2) is 0 Å². The van der Waals surface area contributed by atoms with Gasteiger partial charge in [-0.05, 0) is 37.1 Å². The molecule has 1 aromatic carbocycles. The number of hydrogen-bond donors (Lipinski definition) is 1. The zero-order chi connectivity index (χ0) is 15.4. The van der Waals surface area contributed by atoms with E-state index in [2.05, 4.69) is 4.98 Å². The number of pyridine rings is 1. The number of benzene rings is 1. The van der Waals surface area contributed by atoms with E-state index in [0.29, 0.717) is 12.0 Å². The first-order valence-electron chi connectivity index (χ1n) is 6.61. The number of aliphatic hydroxyl groups excluding tert-OH is 1. The first-order chi connectivity index (χ1) is 10.0. The van der Waals surface area contributed by atoms with Gasteiger partial charge >= 0.3 is 5.69 Å². The Bertz CT molecular complexity index is 656. The van der Waals surface area contributed by atoms with Gasteiger partial charge in [-0.3, -0.25) is 10.1 Å². The third kappa shape index (κ3) is 3.35. The van der Waals surface area contributed by atoms with Crippen molar-refractivity contribution in [3.63, 3.8) is 0 Å². The highest BCUT2D eigenvalue weighted by atomic mass is 16.6. The van der Waals surface area contributed by atoms with Crippen LogP contribution in [-0.2, 0) is 6.42 Å². The van der Waals surface area contributed by atoms with E-state index in [9.17, 15) is 15.2 Å². The largest absolute Gasteiger partial charge is 0.431 e. The third-order valence-corrected chi connectivity index (χ3v) is 3.09. The average molecular weight is 288 g/mol. The number of aromatic nitrogens is 1. The average Bonchev–Trinajstić information content (AvgIpc) is 2.47. The lowest BCUT2D eigenvalue weighted by Gasteiger charge is -2.12. The van der Waals surface area contributed by atoms with Crippen molar-refractivity contribution in [2.24, 2.45) is 0 Å². The molecular formula is C15H16N2O4. The first kappa shape index (κ1) is 14.9. The molecule has 0 saturated heterocycles. The van der Waals surface area contributed by atoms with Gasteiger partial charge < -0.3 is 9.84 Å². The van der Waals surface area contributed by atoms with E-state index in [0.717, 1.165) is 5.56 Å². The topological polar surface area (TPSA) is 85.5 Å². The maximum Gasteiger partial charge on any atom is 0.311 e. The molecule has 1 atom stereocenters. The molecule has 0 aliphatic rings. The molecule has 0 unspecified atom stereocenters. The van der Waals surface area contributed by atoms with Crippen LogP contribution in [0.15, 0.2) is 36.5 Å². The van der Waals surface area contributed by atoms with Crippen LogP contribution in [0.25, 0.3) is 0 Å². The van der Waals surface area contributed by atoms with E-state index in [1.165, 1.54) is 12.3 Å². The van der Waals surface area contributed by atoms with E-state index in [1.807, 2.05) is 6.92 Å². The molecule has 2 aromatic rings. The molecule has 6 heteroatoms. The van der Waals surface area contributed by atoms with E-state index < -0.39 is 11.0 Å². The fraction of sp³-hybridized carbons (Fsp3) is 0.267.